The summed E-state index contributed by atoms with van der Waals surface area (Å²) in [6.45, 7) is 5.63. The number of nitrogens with one attached hydrogen (secondary N) is 1. The van der Waals surface area contributed by atoms with Crippen LogP contribution in [0.2, 0.25) is 0 Å². The molecule has 2 aromatic heterocycles. The number of carbonyl (C=O) groups excluding carboxylic acids is 2. The number of hydrogen-bond donors (Lipinski definition) is 2. The smallest absolute Gasteiger partial charge is 0.358 e. The van der Waals surface area contributed by atoms with Crippen molar-refractivity contribution in [1.29, 1.82) is 0 Å². The van der Waals surface area contributed by atoms with Gasteiger partial charge in [0.1, 0.15) is 10.8 Å². The fourth-order valence-electron chi connectivity index (χ4n) is 3.44. The Morgan fingerprint density at radius 2 is 1.89 bits per heavy atom. The molecule has 0 saturated carbocycles. The molecule has 0 aliphatic rings. The van der Waals surface area contributed by atoms with Crippen molar-refractivity contribution in [2.24, 2.45) is 0 Å². The third-order valence-corrected chi connectivity index (χ3v) is 6.20. The molecule has 0 bridgehead atoms. The van der Waals surface area contributed by atoms with Gasteiger partial charge >= 0.3 is 11.7 Å². The molecule has 2 heterocycles. The zero-order chi connectivity index (χ0) is 25.5. The van der Waals surface area contributed by atoms with Crippen LogP contribution in [0.4, 0.5) is 11.5 Å². The lowest BCUT2D eigenvalue weighted by molar-refractivity contribution is -0.121. The number of nitrogen functional groups attached to an aromatic ring is 1. The molecule has 3 N–H and O–H groups in total. The summed E-state index contributed by atoms with van der Waals surface area (Å²) in [6.07, 6.45) is 1.93. The number of anilines is 2. The van der Waals surface area contributed by atoms with E-state index in [0.29, 0.717) is 17.8 Å². The van der Waals surface area contributed by atoms with E-state index in [0.717, 1.165) is 17.5 Å². The van der Waals surface area contributed by atoms with Crippen LogP contribution in [0.15, 0.2) is 39.2 Å². The molecular formula is C24H29N5O5S. The Bertz CT molecular complexity index is 1310. The van der Waals surface area contributed by atoms with E-state index in [-0.39, 0.29) is 30.3 Å². The van der Waals surface area contributed by atoms with E-state index in [9.17, 15) is 19.2 Å². The molecule has 10 nitrogen and oxygen atoms in total. The van der Waals surface area contributed by atoms with E-state index >= 15 is 0 Å². The zero-order valence-corrected chi connectivity index (χ0v) is 20.8. The summed E-state index contributed by atoms with van der Waals surface area (Å²) in [6, 6.07) is 7.74. The molecule has 0 unspecified atom stereocenters. The normalized spacial score (nSPS) is 10.8. The topological polar surface area (TPSA) is 140 Å². The molecular weight excluding hydrogens is 470 g/mol. The summed E-state index contributed by atoms with van der Waals surface area (Å²) < 4.78 is 6.43. The second-order valence-electron chi connectivity index (χ2n) is 8.02. The number of aromatic nitrogens is 3. The highest BCUT2D eigenvalue weighted by Crippen LogP contribution is 2.24. The van der Waals surface area contributed by atoms with Crippen molar-refractivity contribution >= 4 is 34.7 Å². The number of benzene rings is 1. The minimum atomic E-state index is -0.766. The second kappa shape index (κ2) is 11.6. The number of unbranched alkanes of at least 4 members (excludes halogenated alkanes) is 1. The molecule has 186 valence electrons. The Balaban J connectivity index is 1.78. The molecule has 1 aromatic carbocycles. The van der Waals surface area contributed by atoms with Gasteiger partial charge in [-0.3, -0.25) is 19.1 Å². The number of aryl methyl sites for hydroxylation is 1. The molecule has 3 aromatic rings. The number of nitrogens with zero attached hydrogens (tertiary/aromatic N) is 3. The summed E-state index contributed by atoms with van der Waals surface area (Å²) in [5.41, 5.74) is 6.68. The lowest BCUT2D eigenvalue weighted by Gasteiger charge is -2.24. The van der Waals surface area contributed by atoms with Crippen LogP contribution in [-0.2, 0) is 16.1 Å². The number of thiazole rings is 1. The summed E-state index contributed by atoms with van der Waals surface area (Å²) in [7, 11) is 0. The van der Waals surface area contributed by atoms with E-state index in [1.807, 2.05) is 45.0 Å². The summed E-state index contributed by atoms with van der Waals surface area (Å²) in [5, 5.41) is 2.23. The van der Waals surface area contributed by atoms with E-state index in [4.69, 9.17) is 10.5 Å². The molecule has 0 atom stereocenters. The minimum absolute atomic E-state index is 0.0901. The van der Waals surface area contributed by atoms with Gasteiger partial charge < -0.3 is 15.4 Å². The monoisotopic (exact) mass is 499 g/mol. The van der Waals surface area contributed by atoms with Gasteiger partial charge in [0.05, 0.1) is 0 Å². The van der Waals surface area contributed by atoms with Crippen LogP contribution < -0.4 is 21.9 Å². The third-order valence-electron chi connectivity index (χ3n) is 5.31. The van der Waals surface area contributed by atoms with Gasteiger partial charge in [-0.15, -0.1) is 11.3 Å². The second-order valence-corrected chi connectivity index (χ2v) is 8.88. The van der Waals surface area contributed by atoms with E-state index in [1.54, 1.807) is 5.38 Å². The Labute approximate surface area is 206 Å². The number of nitrogens with two attached hydrogens (primary N) is 1. The summed E-state index contributed by atoms with van der Waals surface area (Å²) in [4.78, 5) is 58.0. The number of amides is 1. The van der Waals surface area contributed by atoms with E-state index in [2.05, 4.69) is 9.97 Å². The highest BCUT2D eigenvalue weighted by atomic mass is 32.1. The van der Waals surface area contributed by atoms with Crippen LogP contribution in [0.25, 0.3) is 10.6 Å². The fourth-order valence-corrected chi connectivity index (χ4v) is 4.23. The fraction of sp³-hybridized carbons (Fsp3) is 0.375. The van der Waals surface area contributed by atoms with Crippen molar-refractivity contribution in [1.82, 2.24) is 14.5 Å². The summed E-state index contributed by atoms with van der Waals surface area (Å²) in [5.74, 6) is -1.47. The van der Waals surface area contributed by atoms with Gasteiger partial charge in [0.2, 0.25) is 0 Å². The van der Waals surface area contributed by atoms with Gasteiger partial charge in [-0.05, 0) is 19.8 Å². The number of esters is 1. The first kappa shape index (κ1) is 25.9. The molecule has 0 saturated heterocycles. The number of rotatable bonds is 10. The first-order chi connectivity index (χ1) is 16.8. The molecule has 11 heteroatoms. The standard InChI is InChI=1S/C24H29N5O5S/c1-4-6-12-28(19-20(25)29(11-5-2)24(33)27-21(19)31)18(30)13-34-23(32)17-14-35-22(26-17)16-9-7-15(3)8-10-16/h7-10,14H,4-6,11-13,25H2,1-3H3,(H,27,31,33). The quantitative estimate of drug-likeness (QED) is 0.409. The van der Waals surface area contributed by atoms with Crippen LogP contribution in [-0.4, -0.2) is 39.6 Å². The predicted octanol–water partition coefficient (Wildman–Crippen LogP) is 2.95. The van der Waals surface area contributed by atoms with E-state index in [1.165, 1.54) is 20.8 Å². The molecule has 3 rings (SSSR count). The van der Waals surface area contributed by atoms with Gasteiger partial charge in [-0.1, -0.05) is 50.1 Å². The Hall–Kier alpha value is -3.73. The highest BCUT2D eigenvalue weighted by Gasteiger charge is 2.25. The van der Waals surface area contributed by atoms with Crippen molar-refractivity contribution in [2.45, 2.75) is 46.6 Å². The maximum atomic E-state index is 13.0. The van der Waals surface area contributed by atoms with Crippen molar-refractivity contribution in [3.8, 4) is 10.6 Å². The molecule has 0 fully saturated rings. The number of H-pyrrole nitrogens is 1. The van der Waals surface area contributed by atoms with Crippen LogP contribution in [0.1, 0.15) is 49.2 Å². The van der Waals surface area contributed by atoms with Crippen molar-refractivity contribution < 1.29 is 14.3 Å². The number of aromatic amines is 1. The van der Waals surface area contributed by atoms with Gasteiger partial charge in [0.25, 0.3) is 11.5 Å². The zero-order valence-electron chi connectivity index (χ0n) is 20.0. The highest BCUT2D eigenvalue weighted by molar-refractivity contribution is 7.13. The SMILES string of the molecule is CCCCN(C(=O)COC(=O)c1csc(-c2ccc(C)cc2)n1)c1c(N)n(CCC)c(=O)[nH]c1=O. The van der Waals surface area contributed by atoms with Crippen molar-refractivity contribution in [3.63, 3.8) is 0 Å². The predicted molar refractivity (Wildman–Crippen MR) is 136 cm³/mol. The van der Waals surface area contributed by atoms with Gasteiger partial charge in [0, 0.05) is 24.0 Å². The average molecular weight is 500 g/mol. The van der Waals surface area contributed by atoms with Gasteiger partial charge in [0.15, 0.2) is 18.0 Å². The van der Waals surface area contributed by atoms with Crippen LogP contribution >= 0.6 is 11.3 Å². The molecule has 0 aliphatic carbocycles. The first-order valence-corrected chi connectivity index (χ1v) is 12.3. The maximum Gasteiger partial charge on any atom is 0.358 e. The number of ether oxygens (including phenoxy) is 1. The third kappa shape index (κ3) is 6.04. The lowest BCUT2D eigenvalue weighted by atomic mass is 10.2. The number of hydrogen-bond acceptors (Lipinski definition) is 8. The maximum absolute atomic E-state index is 13.0. The molecule has 35 heavy (non-hydrogen) atoms. The Kier molecular flexibility index (Phi) is 8.58. The molecule has 0 aliphatic heterocycles. The van der Waals surface area contributed by atoms with E-state index < -0.39 is 29.7 Å². The molecule has 0 radical (unpaired) electrons. The molecule has 0 spiro atoms. The van der Waals surface area contributed by atoms with Crippen molar-refractivity contribution in [2.75, 3.05) is 23.8 Å². The number of carbonyl (C=O) groups is 2. The molecule has 1 amide bonds. The van der Waals surface area contributed by atoms with Crippen LogP contribution in [0, 0.1) is 6.92 Å². The minimum Gasteiger partial charge on any atom is -0.451 e. The Morgan fingerprint density at radius 1 is 1.17 bits per heavy atom. The largest absolute Gasteiger partial charge is 0.451 e. The van der Waals surface area contributed by atoms with Crippen molar-refractivity contribution in [3.05, 3.63) is 61.7 Å². The average Bonchev–Trinajstić information content (AvgIpc) is 3.33. The lowest BCUT2D eigenvalue weighted by Crippen LogP contribution is -2.43. The first-order valence-electron chi connectivity index (χ1n) is 11.4. The van der Waals surface area contributed by atoms with Gasteiger partial charge in [-0.2, -0.15) is 0 Å². The summed E-state index contributed by atoms with van der Waals surface area (Å²) >= 11 is 1.30. The van der Waals surface area contributed by atoms with Crippen LogP contribution in [0.5, 0.6) is 0 Å². The Morgan fingerprint density at radius 3 is 2.54 bits per heavy atom. The van der Waals surface area contributed by atoms with Crippen LogP contribution in [0.3, 0.4) is 0 Å². The van der Waals surface area contributed by atoms with Gasteiger partial charge in [-0.25, -0.2) is 14.6 Å².